The van der Waals surface area contributed by atoms with E-state index in [-0.39, 0.29) is 16.7 Å². The summed E-state index contributed by atoms with van der Waals surface area (Å²) >= 11 is 0. The van der Waals surface area contributed by atoms with E-state index in [9.17, 15) is 13.5 Å². The molecule has 2 aromatic heterocycles. The molecule has 0 bridgehead atoms. The number of nitrogens with zero attached hydrogens (tertiary/aromatic N) is 3. The molecule has 3 rings (SSSR count). The third-order valence-corrected chi connectivity index (χ3v) is 3.80. The van der Waals surface area contributed by atoms with E-state index in [1.807, 2.05) is 30.3 Å². The number of benzene rings is 1. The highest BCUT2D eigenvalue weighted by Crippen LogP contribution is 2.29. The fourth-order valence-electron chi connectivity index (χ4n) is 1.95. The Morgan fingerprint density at radius 2 is 1.81 bits per heavy atom. The summed E-state index contributed by atoms with van der Waals surface area (Å²) in [7, 11) is -3.51. The average molecular weight is 301 g/mol. The van der Waals surface area contributed by atoms with E-state index in [0.29, 0.717) is 10.9 Å². The lowest BCUT2D eigenvalue weighted by molar-refractivity contribution is 0.457. The van der Waals surface area contributed by atoms with Crippen molar-refractivity contribution in [2.75, 3.05) is 6.26 Å². The van der Waals surface area contributed by atoms with Gasteiger partial charge in [-0.05, 0) is 11.6 Å². The summed E-state index contributed by atoms with van der Waals surface area (Å²) in [6.45, 7) is 0. The van der Waals surface area contributed by atoms with Gasteiger partial charge in [0, 0.05) is 23.4 Å². The molecule has 0 spiro atoms. The van der Waals surface area contributed by atoms with Crippen molar-refractivity contribution in [1.82, 2.24) is 15.0 Å². The van der Waals surface area contributed by atoms with Gasteiger partial charge in [0.15, 0.2) is 5.65 Å². The standard InChI is InChI=1S/C14H11N3O3S/c1-21(19,20)14-15-8-10-7-11(9-5-3-2-4-6-9)13(18)16-12(10)17-14/h2-8H,1H3,(H,15,16,17,18). The minimum atomic E-state index is -3.51. The molecule has 0 amide bonds. The van der Waals surface area contributed by atoms with Gasteiger partial charge in [-0.15, -0.1) is 0 Å². The van der Waals surface area contributed by atoms with E-state index in [2.05, 4.69) is 15.0 Å². The number of fused-ring (bicyclic) bond motifs is 1. The fraction of sp³-hybridized carbons (Fsp3) is 0.0714. The molecule has 3 aromatic rings. The smallest absolute Gasteiger partial charge is 0.248 e. The highest BCUT2D eigenvalue weighted by atomic mass is 32.2. The first-order chi connectivity index (χ1) is 9.95. The number of hydrogen-bond donors (Lipinski definition) is 1. The number of rotatable bonds is 2. The first-order valence-corrected chi connectivity index (χ1v) is 7.96. The van der Waals surface area contributed by atoms with E-state index < -0.39 is 9.84 Å². The van der Waals surface area contributed by atoms with Crippen LogP contribution in [0.5, 0.6) is 5.88 Å². The number of sulfone groups is 1. The zero-order chi connectivity index (χ0) is 15.0. The van der Waals surface area contributed by atoms with E-state index in [0.717, 1.165) is 11.8 Å². The van der Waals surface area contributed by atoms with Gasteiger partial charge < -0.3 is 5.11 Å². The topological polar surface area (TPSA) is 93.0 Å². The SMILES string of the molecule is CS(=O)(=O)c1ncc2cc(-c3ccccc3)c(O)nc2n1. The van der Waals surface area contributed by atoms with Gasteiger partial charge in [-0.1, -0.05) is 30.3 Å². The van der Waals surface area contributed by atoms with Crippen LogP contribution in [-0.4, -0.2) is 34.7 Å². The van der Waals surface area contributed by atoms with Gasteiger partial charge in [-0.3, -0.25) is 0 Å². The highest BCUT2D eigenvalue weighted by Gasteiger charge is 2.14. The summed E-state index contributed by atoms with van der Waals surface area (Å²) in [6.07, 6.45) is 2.41. The highest BCUT2D eigenvalue weighted by molar-refractivity contribution is 7.90. The minimum absolute atomic E-state index is 0.141. The average Bonchev–Trinajstić information content (AvgIpc) is 2.46. The number of pyridine rings is 1. The summed E-state index contributed by atoms with van der Waals surface area (Å²) < 4.78 is 22.9. The van der Waals surface area contributed by atoms with Crippen LogP contribution >= 0.6 is 0 Å². The Kier molecular flexibility index (Phi) is 3.06. The predicted octanol–water partition coefficient (Wildman–Crippen LogP) is 1.80. The van der Waals surface area contributed by atoms with Gasteiger partial charge in [-0.2, -0.15) is 9.97 Å². The van der Waals surface area contributed by atoms with Crippen LogP contribution in [0.2, 0.25) is 0 Å². The molecule has 7 heteroatoms. The summed E-state index contributed by atoms with van der Waals surface area (Å²) in [6, 6.07) is 10.9. The van der Waals surface area contributed by atoms with E-state index in [1.54, 1.807) is 6.07 Å². The van der Waals surface area contributed by atoms with Crippen molar-refractivity contribution in [3.05, 3.63) is 42.6 Å². The quantitative estimate of drug-likeness (QED) is 0.725. The molecule has 106 valence electrons. The molecule has 0 saturated heterocycles. The first-order valence-electron chi connectivity index (χ1n) is 6.07. The molecule has 0 unspecified atom stereocenters. The second-order valence-corrected chi connectivity index (χ2v) is 6.47. The molecular weight excluding hydrogens is 290 g/mol. The van der Waals surface area contributed by atoms with Crippen molar-refractivity contribution in [3.8, 4) is 17.0 Å². The minimum Gasteiger partial charge on any atom is -0.493 e. The van der Waals surface area contributed by atoms with Crippen molar-refractivity contribution >= 4 is 20.9 Å². The normalized spacial score (nSPS) is 11.7. The van der Waals surface area contributed by atoms with Crippen molar-refractivity contribution in [2.24, 2.45) is 0 Å². The van der Waals surface area contributed by atoms with Gasteiger partial charge >= 0.3 is 0 Å². The van der Waals surface area contributed by atoms with Gasteiger partial charge in [0.25, 0.3) is 0 Å². The Labute approximate surface area is 121 Å². The fourth-order valence-corrected chi connectivity index (χ4v) is 2.44. The molecule has 6 nitrogen and oxygen atoms in total. The van der Waals surface area contributed by atoms with Gasteiger partial charge in [0.2, 0.25) is 20.9 Å². The number of aromatic nitrogens is 3. The molecule has 0 saturated carbocycles. The van der Waals surface area contributed by atoms with Crippen LogP contribution in [-0.2, 0) is 9.84 Å². The molecule has 1 N–H and O–H groups in total. The Balaban J connectivity index is 2.22. The zero-order valence-electron chi connectivity index (χ0n) is 11.1. The van der Waals surface area contributed by atoms with Crippen LogP contribution in [0.15, 0.2) is 47.8 Å². The maximum Gasteiger partial charge on any atom is 0.248 e. The lowest BCUT2D eigenvalue weighted by Gasteiger charge is -2.06. The summed E-state index contributed by atoms with van der Waals surface area (Å²) in [5.41, 5.74) is 1.48. The maximum absolute atomic E-state index is 11.4. The number of aromatic hydroxyl groups is 1. The Hall–Kier alpha value is -2.54. The Morgan fingerprint density at radius 3 is 2.48 bits per heavy atom. The van der Waals surface area contributed by atoms with Crippen molar-refractivity contribution in [3.63, 3.8) is 0 Å². The summed E-state index contributed by atoms with van der Waals surface area (Å²) in [5, 5.41) is 10.3. The third kappa shape index (κ3) is 2.55. The van der Waals surface area contributed by atoms with Crippen molar-refractivity contribution in [1.29, 1.82) is 0 Å². The van der Waals surface area contributed by atoms with E-state index in [4.69, 9.17) is 0 Å². The Bertz CT molecular complexity index is 925. The zero-order valence-corrected chi connectivity index (χ0v) is 11.9. The second-order valence-electron chi connectivity index (χ2n) is 4.56. The monoisotopic (exact) mass is 301 g/mol. The van der Waals surface area contributed by atoms with Crippen LogP contribution in [0, 0.1) is 0 Å². The van der Waals surface area contributed by atoms with Gasteiger partial charge in [0.05, 0.1) is 0 Å². The van der Waals surface area contributed by atoms with Crippen LogP contribution in [0.25, 0.3) is 22.2 Å². The van der Waals surface area contributed by atoms with E-state index in [1.165, 1.54) is 6.20 Å². The van der Waals surface area contributed by atoms with E-state index >= 15 is 0 Å². The molecule has 0 fully saturated rings. The lowest BCUT2D eigenvalue weighted by Crippen LogP contribution is -2.04. The van der Waals surface area contributed by atoms with Crippen molar-refractivity contribution in [2.45, 2.75) is 5.16 Å². The van der Waals surface area contributed by atoms with Crippen LogP contribution in [0.4, 0.5) is 0 Å². The third-order valence-electron chi connectivity index (χ3n) is 2.94. The molecule has 0 aliphatic rings. The second kappa shape index (κ2) is 4.78. The largest absolute Gasteiger partial charge is 0.493 e. The summed E-state index contributed by atoms with van der Waals surface area (Å²) in [5.74, 6) is -0.202. The van der Waals surface area contributed by atoms with Crippen LogP contribution < -0.4 is 0 Å². The van der Waals surface area contributed by atoms with Crippen LogP contribution in [0.3, 0.4) is 0 Å². The van der Waals surface area contributed by atoms with Crippen LogP contribution in [0.1, 0.15) is 0 Å². The molecular formula is C14H11N3O3S. The summed E-state index contributed by atoms with van der Waals surface area (Å²) in [4.78, 5) is 11.7. The van der Waals surface area contributed by atoms with Gasteiger partial charge in [0.1, 0.15) is 0 Å². The lowest BCUT2D eigenvalue weighted by atomic mass is 10.1. The molecule has 0 radical (unpaired) electrons. The van der Waals surface area contributed by atoms with Gasteiger partial charge in [-0.25, -0.2) is 13.4 Å². The predicted molar refractivity (Wildman–Crippen MR) is 77.5 cm³/mol. The number of hydrogen-bond acceptors (Lipinski definition) is 6. The molecule has 0 aliphatic carbocycles. The molecule has 0 aliphatic heterocycles. The molecule has 1 aromatic carbocycles. The molecule has 0 atom stereocenters. The maximum atomic E-state index is 11.4. The van der Waals surface area contributed by atoms with Crippen molar-refractivity contribution < 1.29 is 13.5 Å². The molecule has 21 heavy (non-hydrogen) atoms. The molecule has 2 heterocycles. The Morgan fingerprint density at radius 1 is 1.10 bits per heavy atom. The first kappa shape index (κ1) is 13.4.